The van der Waals surface area contributed by atoms with Crippen LogP contribution in [0.2, 0.25) is 0 Å². The number of halogens is 1. The molecule has 2 aromatic rings. The highest BCUT2D eigenvalue weighted by Crippen LogP contribution is 2.20. The summed E-state index contributed by atoms with van der Waals surface area (Å²) in [5.74, 6) is 3.11. The number of nitrogens with one attached hydrogen (secondary N) is 2. The van der Waals surface area contributed by atoms with Gasteiger partial charge in [-0.2, -0.15) is 0 Å². The Bertz CT molecular complexity index is 725. The maximum atomic E-state index is 5.91. The second kappa shape index (κ2) is 12.3. The Labute approximate surface area is 178 Å². The summed E-state index contributed by atoms with van der Waals surface area (Å²) in [6.07, 6.45) is -0.0353. The van der Waals surface area contributed by atoms with E-state index in [1.165, 1.54) is 0 Å². The average Bonchev–Trinajstić information content (AvgIpc) is 2.68. The first-order chi connectivity index (χ1) is 12.7. The largest absolute Gasteiger partial charge is 0.497 e. The van der Waals surface area contributed by atoms with E-state index in [2.05, 4.69) is 15.6 Å². The SMILES string of the molecule is CN=C(NCc1ccccc1OC)NCC(C)Oc1cccc(OC)c1.I. The predicted molar refractivity (Wildman–Crippen MR) is 120 cm³/mol. The minimum absolute atomic E-state index is 0. The maximum absolute atomic E-state index is 5.91. The molecule has 0 saturated heterocycles. The maximum Gasteiger partial charge on any atom is 0.191 e. The molecule has 2 rings (SSSR count). The van der Waals surface area contributed by atoms with E-state index < -0.39 is 0 Å². The van der Waals surface area contributed by atoms with Crippen molar-refractivity contribution in [3.05, 3.63) is 54.1 Å². The van der Waals surface area contributed by atoms with Crippen molar-refractivity contribution < 1.29 is 14.2 Å². The van der Waals surface area contributed by atoms with Crippen LogP contribution in [0.5, 0.6) is 17.2 Å². The lowest BCUT2D eigenvalue weighted by Gasteiger charge is -2.18. The van der Waals surface area contributed by atoms with Gasteiger partial charge < -0.3 is 24.8 Å². The Kier molecular flexibility index (Phi) is 10.4. The number of aliphatic imine (C=N–C) groups is 1. The second-order valence-electron chi connectivity index (χ2n) is 5.73. The zero-order valence-electron chi connectivity index (χ0n) is 16.2. The minimum Gasteiger partial charge on any atom is -0.497 e. The summed E-state index contributed by atoms with van der Waals surface area (Å²) in [5.41, 5.74) is 1.07. The average molecular weight is 485 g/mol. The Balaban J connectivity index is 0.00000364. The molecule has 0 aliphatic carbocycles. The van der Waals surface area contributed by atoms with Crippen molar-refractivity contribution in [2.75, 3.05) is 27.8 Å². The van der Waals surface area contributed by atoms with E-state index in [4.69, 9.17) is 14.2 Å². The highest BCUT2D eigenvalue weighted by molar-refractivity contribution is 14.0. The topological polar surface area (TPSA) is 64.1 Å². The van der Waals surface area contributed by atoms with E-state index in [0.29, 0.717) is 19.0 Å². The highest BCUT2D eigenvalue weighted by Gasteiger charge is 2.07. The summed E-state index contributed by atoms with van der Waals surface area (Å²) in [6, 6.07) is 15.5. The monoisotopic (exact) mass is 485 g/mol. The zero-order chi connectivity index (χ0) is 18.8. The van der Waals surface area contributed by atoms with Crippen LogP contribution < -0.4 is 24.8 Å². The number of para-hydroxylation sites is 1. The van der Waals surface area contributed by atoms with E-state index >= 15 is 0 Å². The summed E-state index contributed by atoms with van der Waals surface area (Å²) in [6.45, 7) is 3.23. The smallest absolute Gasteiger partial charge is 0.191 e. The molecule has 2 aromatic carbocycles. The van der Waals surface area contributed by atoms with E-state index in [9.17, 15) is 0 Å². The fourth-order valence-electron chi connectivity index (χ4n) is 2.44. The molecule has 0 radical (unpaired) electrons. The van der Waals surface area contributed by atoms with E-state index in [1.54, 1.807) is 21.3 Å². The summed E-state index contributed by atoms with van der Waals surface area (Å²) in [7, 11) is 5.05. The molecule has 0 amide bonds. The Morgan fingerprint density at radius 3 is 2.44 bits per heavy atom. The molecule has 2 N–H and O–H groups in total. The van der Waals surface area contributed by atoms with Gasteiger partial charge in [0.25, 0.3) is 0 Å². The van der Waals surface area contributed by atoms with E-state index in [0.717, 1.165) is 22.8 Å². The zero-order valence-corrected chi connectivity index (χ0v) is 18.5. The lowest BCUT2D eigenvalue weighted by Crippen LogP contribution is -2.41. The molecule has 7 heteroatoms. The van der Waals surface area contributed by atoms with Gasteiger partial charge in [0, 0.05) is 25.2 Å². The molecule has 0 bridgehead atoms. The molecule has 1 atom stereocenters. The van der Waals surface area contributed by atoms with Gasteiger partial charge in [0.15, 0.2) is 5.96 Å². The summed E-state index contributed by atoms with van der Waals surface area (Å²) in [4.78, 5) is 4.24. The molecule has 0 aliphatic heterocycles. The number of hydrogen-bond acceptors (Lipinski definition) is 4. The van der Waals surface area contributed by atoms with Crippen molar-refractivity contribution >= 4 is 29.9 Å². The molecule has 1 unspecified atom stereocenters. The molecular formula is C20H28IN3O3. The first kappa shape index (κ1) is 22.9. The van der Waals surface area contributed by atoms with Crippen LogP contribution >= 0.6 is 24.0 Å². The van der Waals surface area contributed by atoms with Crippen LogP contribution in [0.1, 0.15) is 12.5 Å². The standard InChI is InChI=1S/C20H27N3O3.HI/c1-15(26-18-10-7-9-17(12-18)24-3)13-22-20(21-2)23-14-16-8-5-6-11-19(16)25-4;/h5-12,15H,13-14H2,1-4H3,(H2,21,22,23);1H. The molecule has 0 saturated carbocycles. The third kappa shape index (κ3) is 7.54. The Morgan fingerprint density at radius 2 is 1.74 bits per heavy atom. The van der Waals surface area contributed by atoms with Gasteiger partial charge in [-0.15, -0.1) is 24.0 Å². The molecule has 0 spiro atoms. The molecule has 0 heterocycles. The van der Waals surface area contributed by atoms with Crippen LogP contribution in [-0.4, -0.2) is 39.9 Å². The quantitative estimate of drug-likeness (QED) is 0.341. The van der Waals surface area contributed by atoms with Crippen molar-refractivity contribution in [3.8, 4) is 17.2 Å². The lowest BCUT2D eigenvalue weighted by atomic mass is 10.2. The number of hydrogen-bond donors (Lipinski definition) is 2. The van der Waals surface area contributed by atoms with Gasteiger partial charge in [-0.05, 0) is 25.1 Å². The molecule has 0 aliphatic rings. The fourth-order valence-corrected chi connectivity index (χ4v) is 2.44. The van der Waals surface area contributed by atoms with Gasteiger partial charge in [-0.1, -0.05) is 24.3 Å². The lowest BCUT2D eigenvalue weighted by molar-refractivity contribution is 0.223. The number of rotatable bonds is 8. The van der Waals surface area contributed by atoms with E-state index in [-0.39, 0.29) is 30.1 Å². The second-order valence-corrected chi connectivity index (χ2v) is 5.73. The van der Waals surface area contributed by atoms with Gasteiger partial charge in [0.2, 0.25) is 0 Å². The normalized spacial score (nSPS) is 11.8. The van der Waals surface area contributed by atoms with Crippen LogP contribution in [0.25, 0.3) is 0 Å². The van der Waals surface area contributed by atoms with Crippen molar-refractivity contribution in [2.45, 2.75) is 19.6 Å². The summed E-state index contributed by atoms with van der Waals surface area (Å²) >= 11 is 0. The number of ether oxygens (including phenoxy) is 3. The third-order valence-electron chi connectivity index (χ3n) is 3.80. The van der Waals surface area contributed by atoms with Crippen LogP contribution in [0.15, 0.2) is 53.5 Å². The summed E-state index contributed by atoms with van der Waals surface area (Å²) in [5, 5.41) is 6.55. The fraction of sp³-hybridized carbons (Fsp3) is 0.350. The molecule has 0 aromatic heterocycles. The first-order valence-electron chi connectivity index (χ1n) is 8.53. The predicted octanol–water partition coefficient (Wildman–Crippen LogP) is 3.45. The van der Waals surface area contributed by atoms with E-state index in [1.807, 2.05) is 55.5 Å². The van der Waals surface area contributed by atoms with Crippen molar-refractivity contribution in [1.29, 1.82) is 0 Å². The highest BCUT2D eigenvalue weighted by atomic mass is 127. The van der Waals surface area contributed by atoms with Gasteiger partial charge >= 0.3 is 0 Å². The molecule has 27 heavy (non-hydrogen) atoms. The molecular weight excluding hydrogens is 457 g/mol. The van der Waals surface area contributed by atoms with Gasteiger partial charge in [-0.3, -0.25) is 4.99 Å². The van der Waals surface area contributed by atoms with Gasteiger partial charge in [0.1, 0.15) is 23.4 Å². The van der Waals surface area contributed by atoms with Crippen LogP contribution in [0.4, 0.5) is 0 Å². The molecule has 0 fully saturated rings. The van der Waals surface area contributed by atoms with Gasteiger partial charge in [-0.25, -0.2) is 0 Å². The third-order valence-corrected chi connectivity index (χ3v) is 3.80. The Morgan fingerprint density at radius 1 is 1.00 bits per heavy atom. The number of nitrogens with zero attached hydrogens (tertiary/aromatic N) is 1. The van der Waals surface area contributed by atoms with Crippen molar-refractivity contribution in [1.82, 2.24) is 10.6 Å². The first-order valence-corrected chi connectivity index (χ1v) is 8.53. The number of guanidine groups is 1. The van der Waals surface area contributed by atoms with Gasteiger partial charge in [0.05, 0.1) is 20.8 Å². The minimum atomic E-state index is -0.0353. The molecule has 148 valence electrons. The van der Waals surface area contributed by atoms with Crippen LogP contribution in [0.3, 0.4) is 0 Å². The Hall–Kier alpha value is -2.16. The van der Waals surface area contributed by atoms with Crippen molar-refractivity contribution in [2.24, 2.45) is 4.99 Å². The molecule has 6 nitrogen and oxygen atoms in total. The summed E-state index contributed by atoms with van der Waals surface area (Å²) < 4.78 is 16.5. The number of benzene rings is 2. The number of methoxy groups -OCH3 is 2. The van der Waals surface area contributed by atoms with Crippen molar-refractivity contribution in [3.63, 3.8) is 0 Å². The van der Waals surface area contributed by atoms with Crippen LogP contribution in [-0.2, 0) is 6.54 Å². The van der Waals surface area contributed by atoms with Crippen LogP contribution in [0, 0.1) is 0 Å².